The SMILES string of the molecule is O=S(=O)(N/N=C(\Cl)c1cc(Br)ccc1Cl)c1ccccc1. The molecule has 0 atom stereocenters. The number of rotatable bonds is 4. The van der Waals surface area contributed by atoms with E-state index in [1.165, 1.54) is 12.1 Å². The van der Waals surface area contributed by atoms with Crippen molar-refractivity contribution in [3.8, 4) is 0 Å². The first-order valence-corrected chi connectivity index (χ1v) is 8.69. The van der Waals surface area contributed by atoms with Gasteiger partial charge in [0.15, 0.2) is 5.17 Å². The number of nitrogens with one attached hydrogen (secondary N) is 1. The highest BCUT2D eigenvalue weighted by Crippen LogP contribution is 2.23. The molecule has 0 aliphatic heterocycles. The Morgan fingerprint density at radius 3 is 2.48 bits per heavy atom. The van der Waals surface area contributed by atoms with Crippen LogP contribution in [0.1, 0.15) is 5.56 Å². The normalized spacial score (nSPS) is 12.2. The predicted molar refractivity (Wildman–Crippen MR) is 88.3 cm³/mol. The summed E-state index contributed by atoms with van der Waals surface area (Å²) < 4.78 is 24.8. The molecule has 4 nitrogen and oxygen atoms in total. The molecule has 0 amide bonds. The van der Waals surface area contributed by atoms with Crippen molar-refractivity contribution in [2.45, 2.75) is 4.90 Å². The van der Waals surface area contributed by atoms with E-state index >= 15 is 0 Å². The first-order valence-electron chi connectivity index (χ1n) is 5.65. The van der Waals surface area contributed by atoms with Crippen LogP contribution >= 0.6 is 39.1 Å². The standard InChI is InChI=1S/C13H9BrCl2N2O2S/c14-9-6-7-12(15)11(8-9)13(16)17-18-21(19,20)10-4-2-1-3-5-10/h1-8,18H/b17-13-. The molecule has 0 fully saturated rings. The lowest BCUT2D eigenvalue weighted by molar-refractivity contribution is 0.584. The van der Waals surface area contributed by atoms with Crippen LogP contribution in [0.5, 0.6) is 0 Å². The highest BCUT2D eigenvalue weighted by molar-refractivity contribution is 9.10. The second-order valence-corrected chi connectivity index (χ2v) is 7.28. The molecular weight excluding hydrogens is 399 g/mol. The highest BCUT2D eigenvalue weighted by Gasteiger charge is 2.13. The summed E-state index contributed by atoms with van der Waals surface area (Å²) in [6.45, 7) is 0. The second-order valence-electron chi connectivity index (χ2n) is 3.93. The molecule has 110 valence electrons. The molecule has 0 saturated heterocycles. The number of hydrazone groups is 1. The van der Waals surface area contributed by atoms with Gasteiger partial charge in [-0.25, -0.2) is 0 Å². The van der Waals surface area contributed by atoms with Gasteiger partial charge in [-0.3, -0.25) is 0 Å². The van der Waals surface area contributed by atoms with Gasteiger partial charge in [0.25, 0.3) is 10.0 Å². The third-order valence-electron chi connectivity index (χ3n) is 2.47. The lowest BCUT2D eigenvalue weighted by Gasteiger charge is -2.05. The molecule has 8 heteroatoms. The average molecular weight is 408 g/mol. The Labute approximate surface area is 141 Å². The zero-order chi connectivity index (χ0) is 15.5. The van der Waals surface area contributed by atoms with Crippen LogP contribution in [0.2, 0.25) is 5.02 Å². The summed E-state index contributed by atoms with van der Waals surface area (Å²) >= 11 is 15.3. The zero-order valence-corrected chi connectivity index (χ0v) is 14.3. The van der Waals surface area contributed by atoms with Crippen molar-refractivity contribution < 1.29 is 8.42 Å². The minimum Gasteiger partial charge on any atom is -0.200 e. The van der Waals surface area contributed by atoms with E-state index in [4.69, 9.17) is 23.2 Å². The van der Waals surface area contributed by atoms with E-state index in [0.717, 1.165) is 4.47 Å². The monoisotopic (exact) mass is 406 g/mol. The van der Waals surface area contributed by atoms with E-state index in [9.17, 15) is 8.42 Å². The topological polar surface area (TPSA) is 58.5 Å². The molecule has 2 rings (SSSR count). The van der Waals surface area contributed by atoms with Gasteiger partial charge in [-0.2, -0.15) is 18.4 Å². The first kappa shape index (κ1) is 16.3. The van der Waals surface area contributed by atoms with Crippen molar-refractivity contribution in [1.29, 1.82) is 0 Å². The van der Waals surface area contributed by atoms with E-state index in [0.29, 0.717) is 10.6 Å². The lowest BCUT2D eigenvalue weighted by atomic mass is 10.2. The first-order chi connectivity index (χ1) is 9.90. The fourth-order valence-electron chi connectivity index (χ4n) is 1.47. The molecule has 0 radical (unpaired) electrons. The molecule has 0 saturated carbocycles. The molecule has 2 aromatic carbocycles. The van der Waals surface area contributed by atoms with E-state index in [1.807, 2.05) is 0 Å². The number of sulfonamides is 1. The van der Waals surface area contributed by atoms with E-state index < -0.39 is 10.0 Å². The van der Waals surface area contributed by atoms with Crippen LogP contribution in [0.3, 0.4) is 0 Å². The van der Waals surface area contributed by atoms with Gasteiger partial charge in [-0.15, -0.1) is 0 Å². The number of hydrogen-bond donors (Lipinski definition) is 1. The number of halogens is 3. The summed E-state index contributed by atoms with van der Waals surface area (Å²) in [5.74, 6) is 0. The largest absolute Gasteiger partial charge is 0.276 e. The zero-order valence-electron chi connectivity index (χ0n) is 10.4. The third kappa shape index (κ3) is 4.20. The van der Waals surface area contributed by atoms with Gasteiger partial charge in [0, 0.05) is 10.0 Å². The van der Waals surface area contributed by atoms with E-state index in [2.05, 4.69) is 25.9 Å². The van der Waals surface area contributed by atoms with Gasteiger partial charge in [0.2, 0.25) is 0 Å². The summed E-state index contributed by atoms with van der Waals surface area (Å²) in [5.41, 5.74) is 0.420. The highest BCUT2D eigenvalue weighted by atomic mass is 79.9. The maximum absolute atomic E-state index is 12.0. The Bertz CT molecular complexity index is 780. The average Bonchev–Trinajstić information content (AvgIpc) is 2.48. The molecule has 0 bridgehead atoms. The van der Waals surface area contributed by atoms with E-state index in [1.54, 1.807) is 36.4 Å². The second kappa shape index (κ2) is 6.79. The van der Waals surface area contributed by atoms with Gasteiger partial charge in [-0.1, -0.05) is 57.3 Å². The van der Waals surface area contributed by atoms with Gasteiger partial charge in [0.05, 0.1) is 9.92 Å². The van der Waals surface area contributed by atoms with Gasteiger partial charge >= 0.3 is 0 Å². The Kier molecular flexibility index (Phi) is 5.27. The summed E-state index contributed by atoms with van der Waals surface area (Å²) in [7, 11) is -3.76. The van der Waals surface area contributed by atoms with Crippen molar-refractivity contribution in [2.75, 3.05) is 0 Å². The fraction of sp³-hybridized carbons (Fsp3) is 0. The van der Waals surface area contributed by atoms with Crippen molar-refractivity contribution in [1.82, 2.24) is 4.83 Å². The molecule has 1 N–H and O–H groups in total. The van der Waals surface area contributed by atoms with E-state index in [-0.39, 0.29) is 10.1 Å². The summed E-state index contributed by atoms with van der Waals surface area (Å²) in [4.78, 5) is 2.17. The molecule has 0 aliphatic carbocycles. The third-order valence-corrected chi connectivity index (χ3v) is 4.80. The summed E-state index contributed by atoms with van der Waals surface area (Å²) in [6, 6.07) is 12.9. The lowest BCUT2D eigenvalue weighted by Crippen LogP contribution is -2.19. The van der Waals surface area contributed by atoms with Crippen LogP contribution in [-0.2, 0) is 10.0 Å². The predicted octanol–water partition coefficient (Wildman–Crippen LogP) is 3.98. The Hall–Kier alpha value is -1.08. The Morgan fingerprint density at radius 1 is 1.14 bits per heavy atom. The molecule has 0 unspecified atom stereocenters. The maximum Gasteiger partial charge on any atom is 0.276 e. The number of hydrogen-bond acceptors (Lipinski definition) is 3. The van der Waals surface area contributed by atoms with Crippen LogP contribution in [0.25, 0.3) is 0 Å². The fourth-order valence-corrected chi connectivity index (χ4v) is 3.17. The molecule has 0 spiro atoms. The molecule has 0 aromatic heterocycles. The maximum atomic E-state index is 12.0. The minimum atomic E-state index is -3.76. The van der Waals surface area contributed by atoms with Gasteiger partial charge < -0.3 is 0 Å². The van der Waals surface area contributed by atoms with Crippen LogP contribution in [0.15, 0.2) is 63.0 Å². The van der Waals surface area contributed by atoms with Crippen molar-refractivity contribution in [3.05, 3.63) is 63.6 Å². The Morgan fingerprint density at radius 2 is 1.81 bits per heavy atom. The molecular formula is C13H9BrCl2N2O2S. The number of benzene rings is 2. The molecule has 2 aromatic rings. The summed E-state index contributed by atoms with van der Waals surface area (Å²) in [6.07, 6.45) is 0. The van der Waals surface area contributed by atoms with Crippen LogP contribution < -0.4 is 4.83 Å². The van der Waals surface area contributed by atoms with Crippen molar-refractivity contribution >= 4 is 54.3 Å². The van der Waals surface area contributed by atoms with Crippen molar-refractivity contribution in [3.63, 3.8) is 0 Å². The summed E-state index contributed by atoms with van der Waals surface area (Å²) in [5, 5.41) is 3.99. The minimum absolute atomic E-state index is 0.0548. The van der Waals surface area contributed by atoms with Crippen LogP contribution in [0.4, 0.5) is 0 Å². The smallest absolute Gasteiger partial charge is 0.200 e. The molecule has 21 heavy (non-hydrogen) atoms. The van der Waals surface area contributed by atoms with Gasteiger partial charge in [-0.05, 0) is 30.3 Å². The quantitative estimate of drug-likeness (QED) is 0.615. The number of nitrogens with zero attached hydrogens (tertiary/aromatic N) is 1. The van der Waals surface area contributed by atoms with Gasteiger partial charge in [0.1, 0.15) is 0 Å². The Balaban J connectivity index is 2.27. The van der Waals surface area contributed by atoms with Crippen LogP contribution in [-0.4, -0.2) is 13.6 Å². The molecule has 0 heterocycles. The molecule has 0 aliphatic rings. The van der Waals surface area contributed by atoms with Crippen molar-refractivity contribution in [2.24, 2.45) is 5.10 Å². The van der Waals surface area contributed by atoms with Crippen LogP contribution in [0, 0.1) is 0 Å².